The van der Waals surface area contributed by atoms with Crippen LogP contribution in [0.4, 0.5) is 4.39 Å². The SMILES string of the molecule is OCC[C@H]1CC[C@H](F)C1. The first-order valence-corrected chi connectivity index (χ1v) is 3.58. The van der Waals surface area contributed by atoms with E-state index in [0.29, 0.717) is 18.8 Å². The highest BCUT2D eigenvalue weighted by Gasteiger charge is 2.22. The zero-order valence-electron chi connectivity index (χ0n) is 5.52. The fourth-order valence-electron chi connectivity index (χ4n) is 1.46. The number of halogens is 1. The Morgan fingerprint density at radius 1 is 1.44 bits per heavy atom. The van der Waals surface area contributed by atoms with Crippen molar-refractivity contribution < 1.29 is 9.50 Å². The standard InChI is InChI=1S/C7H13FO/c8-7-2-1-6(5-7)3-4-9/h6-7,9H,1-5H2/t6-,7+/m1/s1. The summed E-state index contributed by atoms with van der Waals surface area (Å²) < 4.78 is 12.4. The summed E-state index contributed by atoms with van der Waals surface area (Å²) in [6, 6.07) is 0. The highest BCUT2D eigenvalue weighted by molar-refractivity contribution is 4.74. The lowest BCUT2D eigenvalue weighted by Gasteiger charge is -2.03. The van der Waals surface area contributed by atoms with E-state index in [9.17, 15) is 4.39 Å². The molecular formula is C7H13FO. The van der Waals surface area contributed by atoms with Crippen LogP contribution in [0.3, 0.4) is 0 Å². The van der Waals surface area contributed by atoms with Crippen molar-refractivity contribution in [3.63, 3.8) is 0 Å². The van der Waals surface area contributed by atoms with Crippen LogP contribution < -0.4 is 0 Å². The van der Waals surface area contributed by atoms with Crippen LogP contribution in [-0.2, 0) is 0 Å². The van der Waals surface area contributed by atoms with Gasteiger partial charge in [-0.15, -0.1) is 0 Å². The maximum absolute atomic E-state index is 12.4. The molecule has 9 heavy (non-hydrogen) atoms. The molecule has 0 saturated heterocycles. The van der Waals surface area contributed by atoms with Crippen LogP contribution in [0, 0.1) is 5.92 Å². The summed E-state index contributed by atoms with van der Waals surface area (Å²) in [6.07, 6.45) is 2.58. The van der Waals surface area contributed by atoms with Crippen molar-refractivity contribution >= 4 is 0 Å². The molecule has 0 radical (unpaired) electrons. The van der Waals surface area contributed by atoms with Crippen LogP contribution in [0.2, 0.25) is 0 Å². The van der Waals surface area contributed by atoms with Gasteiger partial charge in [-0.1, -0.05) is 0 Å². The fraction of sp³-hybridized carbons (Fsp3) is 1.00. The molecule has 0 bridgehead atoms. The molecule has 0 aromatic rings. The van der Waals surface area contributed by atoms with E-state index in [2.05, 4.69) is 0 Å². The van der Waals surface area contributed by atoms with Crippen LogP contribution >= 0.6 is 0 Å². The Kier molecular flexibility index (Phi) is 2.46. The van der Waals surface area contributed by atoms with E-state index in [1.165, 1.54) is 0 Å². The van der Waals surface area contributed by atoms with Gasteiger partial charge < -0.3 is 5.11 Å². The second-order valence-electron chi connectivity index (χ2n) is 2.79. The fourth-order valence-corrected chi connectivity index (χ4v) is 1.46. The Morgan fingerprint density at radius 2 is 2.22 bits per heavy atom. The molecule has 1 aliphatic carbocycles. The number of aliphatic hydroxyl groups excluding tert-OH is 1. The van der Waals surface area contributed by atoms with Gasteiger partial charge in [0.15, 0.2) is 0 Å². The maximum Gasteiger partial charge on any atom is 0.100 e. The lowest BCUT2D eigenvalue weighted by atomic mass is 10.1. The molecule has 0 spiro atoms. The topological polar surface area (TPSA) is 20.2 Å². The van der Waals surface area contributed by atoms with Crippen molar-refractivity contribution in [3.05, 3.63) is 0 Å². The summed E-state index contributed by atoms with van der Waals surface area (Å²) in [7, 11) is 0. The molecule has 1 fully saturated rings. The molecule has 1 rings (SSSR count). The molecule has 0 aromatic heterocycles. The summed E-state index contributed by atoms with van der Waals surface area (Å²) >= 11 is 0. The maximum atomic E-state index is 12.4. The first-order valence-electron chi connectivity index (χ1n) is 3.58. The predicted molar refractivity (Wildman–Crippen MR) is 33.9 cm³/mol. The van der Waals surface area contributed by atoms with Crippen molar-refractivity contribution in [1.82, 2.24) is 0 Å². The molecular weight excluding hydrogens is 119 g/mol. The summed E-state index contributed by atoms with van der Waals surface area (Å²) in [4.78, 5) is 0. The zero-order chi connectivity index (χ0) is 6.69. The smallest absolute Gasteiger partial charge is 0.100 e. The van der Waals surface area contributed by atoms with Gasteiger partial charge in [0.05, 0.1) is 0 Å². The third kappa shape index (κ3) is 1.94. The normalized spacial score (nSPS) is 35.3. The first-order chi connectivity index (χ1) is 4.33. The number of hydrogen-bond acceptors (Lipinski definition) is 1. The van der Waals surface area contributed by atoms with Gasteiger partial charge in [0.1, 0.15) is 6.17 Å². The summed E-state index contributed by atoms with van der Waals surface area (Å²) in [5.74, 6) is 0.463. The number of hydrogen-bond donors (Lipinski definition) is 1. The Balaban J connectivity index is 2.14. The van der Waals surface area contributed by atoms with E-state index in [0.717, 1.165) is 12.8 Å². The number of aliphatic hydroxyl groups is 1. The monoisotopic (exact) mass is 132 g/mol. The minimum atomic E-state index is -0.582. The number of rotatable bonds is 2. The van der Waals surface area contributed by atoms with Crippen LogP contribution in [0.1, 0.15) is 25.7 Å². The number of alkyl halides is 1. The highest BCUT2D eigenvalue weighted by Crippen LogP contribution is 2.29. The molecule has 0 unspecified atom stereocenters. The van der Waals surface area contributed by atoms with E-state index < -0.39 is 6.17 Å². The third-order valence-corrected chi connectivity index (χ3v) is 2.01. The van der Waals surface area contributed by atoms with Crippen molar-refractivity contribution in [1.29, 1.82) is 0 Å². The van der Waals surface area contributed by atoms with Gasteiger partial charge in [0.25, 0.3) is 0 Å². The second-order valence-corrected chi connectivity index (χ2v) is 2.79. The molecule has 2 atom stereocenters. The largest absolute Gasteiger partial charge is 0.396 e. The molecule has 1 aliphatic rings. The molecule has 54 valence electrons. The van der Waals surface area contributed by atoms with Gasteiger partial charge in [-0.3, -0.25) is 0 Å². The van der Waals surface area contributed by atoms with Crippen molar-refractivity contribution in [2.45, 2.75) is 31.9 Å². The van der Waals surface area contributed by atoms with Crippen LogP contribution in [0.15, 0.2) is 0 Å². The molecule has 0 aliphatic heterocycles. The lowest BCUT2D eigenvalue weighted by molar-refractivity contribution is 0.251. The summed E-state index contributed by atoms with van der Waals surface area (Å²) in [5.41, 5.74) is 0. The molecule has 1 nitrogen and oxygen atoms in total. The predicted octanol–water partition coefficient (Wildman–Crippen LogP) is 1.51. The van der Waals surface area contributed by atoms with Gasteiger partial charge in [0.2, 0.25) is 0 Å². The van der Waals surface area contributed by atoms with Crippen LogP contribution in [-0.4, -0.2) is 17.9 Å². The van der Waals surface area contributed by atoms with Gasteiger partial charge >= 0.3 is 0 Å². The van der Waals surface area contributed by atoms with Gasteiger partial charge in [-0.25, -0.2) is 4.39 Å². The van der Waals surface area contributed by atoms with Gasteiger partial charge in [0, 0.05) is 6.61 Å². The van der Waals surface area contributed by atoms with Crippen molar-refractivity contribution in [2.75, 3.05) is 6.61 Å². The Labute approximate surface area is 54.9 Å². The zero-order valence-corrected chi connectivity index (χ0v) is 5.52. The average Bonchev–Trinajstić information content (AvgIpc) is 2.17. The molecule has 0 heterocycles. The summed E-state index contributed by atoms with van der Waals surface area (Å²) in [5, 5.41) is 8.49. The highest BCUT2D eigenvalue weighted by atomic mass is 19.1. The quantitative estimate of drug-likeness (QED) is 0.603. The minimum absolute atomic E-state index is 0.220. The second kappa shape index (κ2) is 3.16. The van der Waals surface area contributed by atoms with Crippen molar-refractivity contribution in [2.24, 2.45) is 5.92 Å². The summed E-state index contributed by atoms with van der Waals surface area (Å²) in [6.45, 7) is 0.220. The minimum Gasteiger partial charge on any atom is -0.396 e. The lowest BCUT2D eigenvalue weighted by Crippen LogP contribution is -1.98. The molecule has 0 aromatic carbocycles. The molecule has 0 amide bonds. The Bertz CT molecular complexity index is 83.0. The van der Waals surface area contributed by atoms with E-state index in [-0.39, 0.29) is 6.61 Å². The van der Waals surface area contributed by atoms with Crippen LogP contribution in [0.25, 0.3) is 0 Å². The average molecular weight is 132 g/mol. The van der Waals surface area contributed by atoms with Crippen molar-refractivity contribution in [3.8, 4) is 0 Å². The third-order valence-electron chi connectivity index (χ3n) is 2.01. The first kappa shape index (κ1) is 7.00. The van der Waals surface area contributed by atoms with E-state index in [1.54, 1.807) is 0 Å². The van der Waals surface area contributed by atoms with E-state index in [4.69, 9.17) is 5.11 Å². The molecule has 1 N–H and O–H groups in total. The van der Waals surface area contributed by atoms with E-state index >= 15 is 0 Å². The molecule has 2 heteroatoms. The molecule has 1 saturated carbocycles. The Hall–Kier alpha value is -0.110. The van der Waals surface area contributed by atoms with Crippen LogP contribution in [0.5, 0.6) is 0 Å². The Morgan fingerprint density at radius 3 is 2.67 bits per heavy atom. The van der Waals surface area contributed by atoms with Gasteiger partial charge in [-0.2, -0.15) is 0 Å². The van der Waals surface area contributed by atoms with Gasteiger partial charge in [-0.05, 0) is 31.6 Å². The van der Waals surface area contributed by atoms with E-state index in [1.807, 2.05) is 0 Å².